The minimum Gasteiger partial charge on any atom is -0.455 e. The van der Waals surface area contributed by atoms with Crippen LogP contribution in [0.4, 0.5) is 0 Å². The molecule has 8 nitrogen and oxygen atoms in total. The fraction of sp³-hybridized carbons (Fsp3) is 0.0114. The highest BCUT2D eigenvalue weighted by Gasteiger charge is 2.47. The van der Waals surface area contributed by atoms with Crippen molar-refractivity contribution in [2.45, 2.75) is 5.41 Å². The number of hydrogen-bond acceptors (Lipinski definition) is 9. The highest BCUT2D eigenvalue weighted by Crippen LogP contribution is 2.58. The number of thiophene rings is 1. The van der Waals surface area contributed by atoms with Crippen molar-refractivity contribution >= 4 is 64.5 Å². The van der Waals surface area contributed by atoms with E-state index >= 15 is 0 Å². The lowest BCUT2D eigenvalue weighted by Crippen LogP contribution is -2.28. The lowest BCUT2D eigenvalue weighted by atomic mass is 9.67. The van der Waals surface area contributed by atoms with Gasteiger partial charge in [0, 0.05) is 59.6 Å². The number of nitrogens with zero attached hydrogens (tertiary/aromatic N) is 7. The van der Waals surface area contributed by atoms with Gasteiger partial charge in [0.1, 0.15) is 11.2 Å². The number of pyridine rings is 1. The van der Waals surface area contributed by atoms with Crippen molar-refractivity contribution in [3.63, 3.8) is 0 Å². The molecule has 0 saturated carbocycles. The van der Waals surface area contributed by atoms with Gasteiger partial charge in [0.15, 0.2) is 34.9 Å². The maximum absolute atomic E-state index is 6.47. The summed E-state index contributed by atoms with van der Waals surface area (Å²) in [5, 5.41) is 4.40. The number of fused-ring (bicyclic) bond motifs is 10. The maximum atomic E-state index is 6.47. The van der Waals surface area contributed by atoms with E-state index in [-0.39, 0.29) is 0 Å². The topological polar surface area (TPSA) is 103 Å². The van der Waals surface area contributed by atoms with Gasteiger partial charge in [0.05, 0.1) is 26.7 Å². The van der Waals surface area contributed by atoms with Crippen LogP contribution >= 0.6 is 11.3 Å². The van der Waals surface area contributed by atoms with E-state index in [4.69, 9.17) is 39.3 Å². The highest BCUT2D eigenvalue weighted by atomic mass is 32.1. The van der Waals surface area contributed by atoms with Gasteiger partial charge in [-0.05, 0) is 92.5 Å². The Morgan fingerprint density at radius 2 is 0.701 bits per heavy atom. The third kappa shape index (κ3) is 9.95. The van der Waals surface area contributed by atoms with Gasteiger partial charge in [0.2, 0.25) is 0 Å². The second kappa shape index (κ2) is 24.0. The molecule has 1 aliphatic carbocycles. The first-order chi connectivity index (χ1) is 48.1. The molecular formula is C88H55N7OS. The standard InChI is InChI=1S/C46H29N3O.C42H26N4S/c1-4-16-30(17-5-1)43-47-44(49-45(48-43)37-26-14-24-34-33-22-11-13-29-40(33)50-42(34)37)36-25-15-28-39-41(36)35-23-10-12-27-38(35)46(39,31-18-6-2-7-19-31)32-20-8-3-9-21-32;1-4-14-27(15-5-1)30-24-31(37-33-20-10-12-22-35(33)43-38-34-21-11-13-23-36(34)47-39(37)38)26-32(25-30)42-45-40(28-16-6-2-7-17-28)44-41(46-42)29-18-8-3-9-19-29/h1-29H;1-26H. The van der Waals surface area contributed by atoms with Crippen LogP contribution in [-0.2, 0) is 5.41 Å². The lowest BCUT2D eigenvalue weighted by molar-refractivity contribution is 0.669. The molecule has 1 aliphatic rings. The normalized spacial score (nSPS) is 12.2. The number of hydrogen-bond donors (Lipinski definition) is 0. The van der Waals surface area contributed by atoms with E-state index in [1.54, 1.807) is 11.3 Å². The van der Waals surface area contributed by atoms with Crippen LogP contribution in [-0.4, -0.2) is 34.9 Å². The molecule has 9 heteroatoms. The molecule has 5 heterocycles. The van der Waals surface area contributed by atoms with Gasteiger partial charge in [-0.1, -0.05) is 291 Å². The summed E-state index contributed by atoms with van der Waals surface area (Å²) in [6, 6.07) is 116. The summed E-state index contributed by atoms with van der Waals surface area (Å²) in [5.41, 5.74) is 20.3. The van der Waals surface area contributed by atoms with Crippen LogP contribution in [0.1, 0.15) is 22.3 Å². The minimum atomic E-state index is -0.525. The van der Waals surface area contributed by atoms with Crippen LogP contribution in [0, 0.1) is 0 Å². The van der Waals surface area contributed by atoms with Crippen LogP contribution in [0.2, 0.25) is 0 Å². The first-order valence-corrected chi connectivity index (χ1v) is 33.3. The Morgan fingerprint density at radius 3 is 1.35 bits per heavy atom. The summed E-state index contributed by atoms with van der Waals surface area (Å²) in [6.07, 6.45) is 0. The molecule has 0 fully saturated rings. The third-order valence-corrected chi connectivity index (χ3v) is 19.7. The number of benzene rings is 13. The van der Waals surface area contributed by atoms with Crippen LogP contribution in [0.25, 0.3) is 155 Å². The van der Waals surface area contributed by atoms with Crippen molar-refractivity contribution in [2.24, 2.45) is 0 Å². The fourth-order valence-electron chi connectivity index (χ4n) is 14.2. The second-order valence-electron chi connectivity index (χ2n) is 24.2. The molecule has 13 aromatic carbocycles. The minimum absolute atomic E-state index is 0.525. The highest BCUT2D eigenvalue weighted by molar-refractivity contribution is 7.26. The van der Waals surface area contributed by atoms with Crippen LogP contribution in [0.15, 0.2) is 338 Å². The number of furan rings is 1. The Hall–Kier alpha value is -12.7. The molecule has 0 spiro atoms. The zero-order valence-electron chi connectivity index (χ0n) is 52.2. The molecule has 0 aliphatic heterocycles. The number of rotatable bonds is 10. The molecule has 5 aromatic heterocycles. The molecule has 97 heavy (non-hydrogen) atoms. The molecular weight excluding hydrogens is 1200 g/mol. The van der Waals surface area contributed by atoms with Crippen molar-refractivity contribution in [3.05, 3.63) is 356 Å². The SMILES string of the molecule is c1ccc(-c2cc(-c3nc(-c4ccccc4)nc(-c4ccccc4)n3)cc(-c3c4ccccc4nc4c3sc3ccccc34)c2)cc1.c1ccc(-c2nc(-c3cccc4c3-c3ccccc3C4(c3ccccc3)c3ccccc3)nc(-c3cccc4c3oc3ccccc34)n2)cc1. The Bertz CT molecular complexity index is 5910. The summed E-state index contributed by atoms with van der Waals surface area (Å²) < 4.78 is 8.87. The Kier molecular flexibility index (Phi) is 14.1. The molecule has 18 aromatic rings. The summed E-state index contributed by atoms with van der Waals surface area (Å²) in [6.45, 7) is 0. The Labute approximate surface area is 563 Å². The monoisotopic (exact) mass is 1260 g/mol. The largest absolute Gasteiger partial charge is 0.455 e. The van der Waals surface area contributed by atoms with Crippen molar-refractivity contribution < 1.29 is 4.42 Å². The molecule has 454 valence electrons. The molecule has 19 rings (SSSR count). The lowest BCUT2D eigenvalue weighted by Gasteiger charge is -2.33. The van der Waals surface area contributed by atoms with E-state index in [1.165, 1.54) is 48.2 Å². The maximum Gasteiger partial charge on any atom is 0.167 e. The predicted octanol–water partition coefficient (Wildman–Crippen LogP) is 22.3. The van der Waals surface area contributed by atoms with Crippen LogP contribution < -0.4 is 0 Å². The Morgan fingerprint density at radius 1 is 0.268 bits per heavy atom. The average molecular weight is 1260 g/mol. The molecule has 0 radical (unpaired) electrons. The second-order valence-corrected chi connectivity index (χ2v) is 25.2. The summed E-state index contributed by atoms with van der Waals surface area (Å²) in [7, 11) is 0. The van der Waals surface area contributed by atoms with Crippen LogP contribution in [0.3, 0.4) is 0 Å². The quantitative estimate of drug-likeness (QED) is 0.133. The summed E-state index contributed by atoms with van der Waals surface area (Å²) >= 11 is 1.80. The van der Waals surface area contributed by atoms with E-state index in [2.05, 4.69) is 218 Å². The third-order valence-electron chi connectivity index (χ3n) is 18.5. The van der Waals surface area contributed by atoms with E-state index in [9.17, 15) is 0 Å². The molecule has 0 N–H and O–H groups in total. The fourth-order valence-corrected chi connectivity index (χ4v) is 15.4. The van der Waals surface area contributed by atoms with E-state index < -0.39 is 5.41 Å². The van der Waals surface area contributed by atoms with Crippen molar-refractivity contribution in [1.29, 1.82) is 0 Å². The van der Waals surface area contributed by atoms with Crippen molar-refractivity contribution in [1.82, 2.24) is 34.9 Å². The first kappa shape index (κ1) is 57.0. The van der Waals surface area contributed by atoms with E-state index in [0.29, 0.717) is 34.9 Å². The summed E-state index contributed by atoms with van der Waals surface area (Å²) in [5.74, 6) is 3.71. The Balaban J connectivity index is 0.000000141. The van der Waals surface area contributed by atoms with Gasteiger partial charge in [-0.2, -0.15) is 0 Å². The van der Waals surface area contributed by atoms with Gasteiger partial charge in [-0.3, -0.25) is 0 Å². The molecule has 0 amide bonds. The van der Waals surface area contributed by atoms with Crippen molar-refractivity contribution in [2.75, 3.05) is 0 Å². The number of para-hydroxylation sites is 3. The van der Waals surface area contributed by atoms with Crippen LogP contribution in [0.5, 0.6) is 0 Å². The van der Waals surface area contributed by atoms with E-state index in [1.807, 2.05) is 115 Å². The van der Waals surface area contributed by atoms with Gasteiger partial charge < -0.3 is 4.42 Å². The molecule has 0 saturated heterocycles. The smallest absolute Gasteiger partial charge is 0.167 e. The van der Waals surface area contributed by atoms with Gasteiger partial charge in [-0.25, -0.2) is 34.9 Å². The first-order valence-electron chi connectivity index (χ1n) is 32.4. The van der Waals surface area contributed by atoms with Gasteiger partial charge in [-0.15, -0.1) is 11.3 Å². The summed E-state index contributed by atoms with van der Waals surface area (Å²) in [4.78, 5) is 35.9. The van der Waals surface area contributed by atoms with Crippen molar-refractivity contribution in [3.8, 4) is 102 Å². The molecule has 0 atom stereocenters. The molecule has 0 unspecified atom stereocenters. The number of aromatic nitrogens is 7. The van der Waals surface area contributed by atoms with Gasteiger partial charge >= 0.3 is 0 Å². The predicted molar refractivity (Wildman–Crippen MR) is 396 cm³/mol. The zero-order valence-corrected chi connectivity index (χ0v) is 53.0. The zero-order chi connectivity index (χ0) is 64.2. The van der Waals surface area contributed by atoms with E-state index in [0.717, 1.165) is 94.0 Å². The average Bonchev–Trinajstić information content (AvgIpc) is 1.54. The van der Waals surface area contributed by atoms with Gasteiger partial charge in [0.25, 0.3) is 0 Å². The molecule has 0 bridgehead atoms.